The van der Waals surface area contributed by atoms with Crippen LogP contribution in [0.5, 0.6) is 5.75 Å². The molecule has 2 aromatic rings. The van der Waals surface area contributed by atoms with Gasteiger partial charge in [0.1, 0.15) is 24.0 Å². The van der Waals surface area contributed by atoms with Crippen molar-refractivity contribution < 1.29 is 52.0 Å². The normalized spacial score (nSPS) is 24.0. The molecule has 2 aliphatic rings. The molecule has 1 aromatic carbocycles. The SMILES string of the molecule is CC(=O)OC[C@H]1O[C@H](Oc2cc(C)cc3oc(=O)c4c(c23)CCCC4)[C@H](OC(C)=O)[C@@H](OC(C)=O)[C@@H]1OC(C)=O. The molecule has 40 heavy (non-hydrogen) atoms. The van der Waals surface area contributed by atoms with Gasteiger partial charge in [0, 0.05) is 33.3 Å². The summed E-state index contributed by atoms with van der Waals surface area (Å²) in [5.41, 5.74) is 2.02. The second-order valence-electron chi connectivity index (χ2n) is 9.88. The molecule has 12 heteroatoms. The Morgan fingerprint density at radius 3 is 2.05 bits per heavy atom. The number of aryl methyl sites for hydroxylation is 2. The van der Waals surface area contributed by atoms with Crippen LogP contribution in [-0.4, -0.2) is 61.2 Å². The molecule has 12 nitrogen and oxygen atoms in total. The van der Waals surface area contributed by atoms with Crippen LogP contribution in [0, 0.1) is 6.92 Å². The van der Waals surface area contributed by atoms with Crippen LogP contribution in [0.15, 0.2) is 21.3 Å². The number of fused-ring (bicyclic) bond motifs is 3. The van der Waals surface area contributed by atoms with Crippen LogP contribution >= 0.6 is 0 Å². The van der Waals surface area contributed by atoms with Crippen molar-refractivity contribution in [3.8, 4) is 5.75 Å². The summed E-state index contributed by atoms with van der Waals surface area (Å²) in [6, 6.07) is 3.46. The smallest absolute Gasteiger partial charge is 0.339 e. The third-order valence-electron chi connectivity index (χ3n) is 6.62. The van der Waals surface area contributed by atoms with Gasteiger partial charge in [-0.25, -0.2) is 4.79 Å². The van der Waals surface area contributed by atoms with E-state index in [2.05, 4.69) is 0 Å². The maximum atomic E-state index is 12.7. The average molecular weight is 561 g/mol. The van der Waals surface area contributed by atoms with E-state index in [0.717, 1.165) is 39.2 Å². The molecular weight excluding hydrogens is 528 g/mol. The number of hydrogen-bond donors (Lipinski definition) is 0. The van der Waals surface area contributed by atoms with Gasteiger partial charge in [0.05, 0.1) is 5.39 Å². The number of carbonyl (C=O) groups excluding carboxylic acids is 4. The molecule has 0 bridgehead atoms. The van der Waals surface area contributed by atoms with Gasteiger partial charge in [-0.05, 0) is 55.9 Å². The minimum Gasteiger partial charge on any atom is -0.463 e. The first kappa shape index (κ1) is 29.1. The molecule has 1 fully saturated rings. The molecule has 0 spiro atoms. The van der Waals surface area contributed by atoms with Crippen molar-refractivity contribution in [2.75, 3.05) is 6.61 Å². The molecule has 1 aromatic heterocycles. The molecule has 4 rings (SSSR count). The minimum absolute atomic E-state index is 0.290. The molecular formula is C28H32O12. The van der Waals surface area contributed by atoms with Gasteiger partial charge in [-0.3, -0.25) is 19.2 Å². The van der Waals surface area contributed by atoms with E-state index in [0.29, 0.717) is 34.9 Å². The topological polar surface area (TPSA) is 154 Å². The highest BCUT2D eigenvalue weighted by molar-refractivity contribution is 5.88. The first-order valence-corrected chi connectivity index (χ1v) is 13.0. The fourth-order valence-corrected chi connectivity index (χ4v) is 5.17. The van der Waals surface area contributed by atoms with Gasteiger partial charge < -0.3 is 32.8 Å². The molecule has 0 saturated carbocycles. The van der Waals surface area contributed by atoms with Gasteiger partial charge in [0.2, 0.25) is 12.4 Å². The van der Waals surface area contributed by atoms with E-state index in [1.807, 2.05) is 0 Å². The predicted molar refractivity (Wildman–Crippen MR) is 136 cm³/mol. The third kappa shape index (κ3) is 6.44. The Morgan fingerprint density at radius 2 is 1.43 bits per heavy atom. The molecule has 1 saturated heterocycles. The van der Waals surface area contributed by atoms with E-state index in [4.69, 9.17) is 32.8 Å². The van der Waals surface area contributed by atoms with Crippen LogP contribution < -0.4 is 10.4 Å². The van der Waals surface area contributed by atoms with Crippen molar-refractivity contribution in [3.05, 3.63) is 39.2 Å². The van der Waals surface area contributed by atoms with Crippen LogP contribution in [0.25, 0.3) is 11.0 Å². The van der Waals surface area contributed by atoms with Crippen molar-refractivity contribution in [1.29, 1.82) is 0 Å². The first-order chi connectivity index (χ1) is 18.9. The van der Waals surface area contributed by atoms with Crippen molar-refractivity contribution >= 4 is 34.8 Å². The molecule has 1 aliphatic carbocycles. The predicted octanol–water partition coefficient (Wildman–Crippen LogP) is 2.44. The molecule has 2 heterocycles. The Morgan fingerprint density at radius 1 is 0.825 bits per heavy atom. The Kier molecular flexibility index (Phi) is 8.77. The lowest BCUT2D eigenvalue weighted by Gasteiger charge is -2.44. The van der Waals surface area contributed by atoms with Crippen molar-refractivity contribution in [3.63, 3.8) is 0 Å². The number of hydrogen-bond acceptors (Lipinski definition) is 12. The third-order valence-corrected chi connectivity index (χ3v) is 6.62. The van der Waals surface area contributed by atoms with Crippen LogP contribution in [0.3, 0.4) is 0 Å². The van der Waals surface area contributed by atoms with Gasteiger partial charge >= 0.3 is 29.5 Å². The lowest BCUT2D eigenvalue weighted by molar-refractivity contribution is -0.288. The van der Waals surface area contributed by atoms with Crippen molar-refractivity contribution in [1.82, 2.24) is 0 Å². The zero-order valence-corrected chi connectivity index (χ0v) is 23.0. The summed E-state index contributed by atoms with van der Waals surface area (Å²) in [5.74, 6) is -2.55. The van der Waals surface area contributed by atoms with Gasteiger partial charge in [0.25, 0.3) is 0 Å². The highest BCUT2D eigenvalue weighted by Crippen LogP contribution is 2.37. The number of benzene rings is 1. The van der Waals surface area contributed by atoms with E-state index in [1.54, 1.807) is 19.1 Å². The summed E-state index contributed by atoms with van der Waals surface area (Å²) < 4.78 is 39.6. The monoisotopic (exact) mass is 560 g/mol. The Hall–Kier alpha value is -3.93. The van der Waals surface area contributed by atoms with E-state index >= 15 is 0 Å². The van der Waals surface area contributed by atoms with Crippen molar-refractivity contribution in [2.24, 2.45) is 0 Å². The Bertz CT molecular complexity index is 1380. The fourth-order valence-electron chi connectivity index (χ4n) is 5.17. The summed E-state index contributed by atoms with van der Waals surface area (Å²) >= 11 is 0. The number of ether oxygens (including phenoxy) is 6. The van der Waals surface area contributed by atoms with Gasteiger partial charge in [-0.2, -0.15) is 0 Å². The Balaban J connectivity index is 1.83. The maximum Gasteiger partial charge on any atom is 0.339 e. The van der Waals surface area contributed by atoms with Gasteiger partial charge in [0.15, 0.2) is 12.2 Å². The zero-order chi connectivity index (χ0) is 29.1. The quantitative estimate of drug-likeness (QED) is 0.278. The van der Waals surface area contributed by atoms with Crippen LogP contribution in [0.4, 0.5) is 0 Å². The standard InChI is InChI=1S/C28H32O12/c1-13-10-20-23(18-8-6-7-9-19(18)27(33)38-20)21(11-13)39-28-26(37-17(5)32)25(36-16(4)31)24(35-15(3)30)22(40-28)12-34-14(2)29/h10-11,22,24-26,28H,6-9,12H2,1-5H3/t22-,24-,25+,26-,28+/m1/s1. The Labute approximate surface area is 229 Å². The van der Waals surface area contributed by atoms with E-state index in [9.17, 15) is 24.0 Å². The second-order valence-corrected chi connectivity index (χ2v) is 9.88. The van der Waals surface area contributed by atoms with Crippen LogP contribution in [0.1, 0.15) is 57.2 Å². The summed E-state index contributed by atoms with van der Waals surface area (Å²) in [6.45, 7) is 6.05. The average Bonchev–Trinajstić information content (AvgIpc) is 2.85. The summed E-state index contributed by atoms with van der Waals surface area (Å²) in [5, 5.41) is 0.577. The summed E-state index contributed by atoms with van der Waals surface area (Å²) in [7, 11) is 0. The highest BCUT2D eigenvalue weighted by atomic mass is 16.7. The molecule has 0 N–H and O–H groups in total. The summed E-state index contributed by atoms with van der Waals surface area (Å²) in [6.07, 6.45) is -3.69. The number of esters is 4. The van der Waals surface area contributed by atoms with Crippen molar-refractivity contribution in [2.45, 2.75) is 91.0 Å². The number of rotatable bonds is 7. The van der Waals surface area contributed by atoms with E-state index in [-0.39, 0.29) is 12.4 Å². The molecule has 0 radical (unpaired) electrons. The number of carbonyl (C=O) groups is 4. The fraction of sp³-hybridized carbons (Fsp3) is 0.536. The van der Waals surface area contributed by atoms with E-state index in [1.165, 1.54) is 6.92 Å². The first-order valence-electron chi connectivity index (χ1n) is 13.0. The molecule has 0 amide bonds. The van der Waals surface area contributed by atoms with Gasteiger partial charge in [-0.1, -0.05) is 0 Å². The lowest BCUT2D eigenvalue weighted by atomic mass is 9.90. The molecule has 1 aliphatic heterocycles. The molecule has 0 unspecified atom stereocenters. The molecule has 5 atom stereocenters. The molecule has 216 valence electrons. The van der Waals surface area contributed by atoms with Crippen LogP contribution in [0.2, 0.25) is 0 Å². The largest absolute Gasteiger partial charge is 0.463 e. The second kappa shape index (κ2) is 12.1. The van der Waals surface area contributed by atoms with E-state index < -0.39 is 60.2 Å². The van der Waals surface area contributed by atoms with Crippen LogP contribution in [-0.2, 0) is 55.7 Å². The minimum atomic E-state index is -1.41. The summed E-state index contributed by atoms with van der Waals surface area (Å²) in [4.78, 5) is 60.5. The lowest BCUT2D eigenvalue weighted by Crippen LogP contribution is -2.63. The van der Waals surface area contributed by atoms with Gasteiger partial charge in [-0.15, -0.1) is 0 Å². The maximum absolute atomic E-state index is 12.7. The highest BCUT2D eigenvalue weighted by Gasteiger charge is 2.53. The zero-order valence-electron chi connectivity index (χ0n) is 23.0.